The SMILES string of the molecule is C(CP(C1CCCCC1)C1CCCCC1)=N[C@@H](c1ccccc1)[C@@H](NCCP(C1CCCCC1)C1CCCCC1)c1ccccc1. The van der Waals surface area contributed by atoms with Gasteiger partial charge in [0.15, 0.2) is 0 Å². The number of aliphatic imine (C=N–C) groups is 1. The Balaban J connectivity index is 1.21. The summed E-state index contributed by atoms with van der Waals surface area (Å²) in [6.45, 7) is 1.13. The zero-order valence-corrected chi connectivity index (χ0v) is 30.7. The minimum atomic E-state index is 0.0280. The molecule has 4 aliphatic rings. The summed E-state index contributed by atoms with van der Waals surface area (Å²) in [5, 5.41) is 4.22. The van der Waals surface area contributed by atoms with E-state index in [-0.39, 0.29) is 27.9 Å². The van der Waals surface area contributed by atoms with Crippen LogP contribution in [0.25, 0.3) is 0 Å². The summed E-state index contributed by atoms with van der Waals surface area (Å²) in [4.78, 5) is 5.61. The molecule has 0 heterocycles. The van der Waals surface area contributed by atoms with E-state index in [9.17, 15) is 0 Å². The molecule has 252 valence electrons. The van der Waals surface area contributed by atoms with Gasteiger partial charge in [-0.3, -0.25) is 4.99 Å². The van der Waals surface area contributed by atoms with E-state index in [1.165, 1.54) is 152 Å². The molecule has 2 aromatic rings. The Morgan fingerprint density at radius 3 is 1.41 bits per heavy atom. The van der Waals surface area contributed by atoms with Gasteiger partial charge in [0.25, 0.3) is 0 Å². The topological polar surface area (TPSA) is 24.4 Å². The van der Waals surface area contributed by atoms with Crippen LogP contribution in [0.5, 0.6) is 0 Å². The Morgan fingerprint density at radius 2 is 0.957 bits per heavy atom. The number of hydrogen-bond acceptors (Lipinski definition) is 2. The monoisotopic (exact) mass is 658 g/mol. The Hall–Kier alpha value is -1.07. The summed E-state index contributed by atoms with van der Waals surface area (Å²) in [6.07, 6.45) is 34.7. The van der Waals surface area contributed by atoms with E-state index in [1.54, 1.807) is 0 Å². The lowest BCUT2D eigenvalue weighted by molar-refractivity contribution is 0.463. The third kappa shape index (κ3) is 9.99. The maximum absolute atomic E-state index is 5.61. The Kier molecular flexibility index (Phi) is 14.5. The smallest absolute Gasteiger partial charge is 0.0939 e. The highest BCUT2D eigenvalue weighted by Gasteiger charge is 2.33. The second kappa shape index (κ2) is 19.2. The molecule has 6 rings (SSSR count). The van der Waals surface area contributed by atoms with Crippen molar-refractivity contribution in [2.45, 2.75) is 163 Å². The van der Waals surface area contributed by atoms with Gasteiger partial charge in [-0.25, -0.2) is 0 Å². The average molecular weight is 659 g/mol. The normalized spacial score (nSPS) is 22.9. The van der Waals surface area contributed by atoms with Crippen molar-refractivity contribution in [3.05, 3.63) is 71.8 Å². The largest absolute Gasteiger partial charge is 0.308 e. The molecule has 0 saturated heterocycles. The number of hydrogen-bond donors (Lipinski definition) is 1. The number of benzene rings is 2. The predicted molar refractivity (Wildman–Crippen MR) is 206 cm³/mol. The van der Waals surface area contributed by atoms with Crippen LogP contribution in [-0.2, 0) is 0 Å². The molecule has 2 aromatic carbocycles. The van der Waals surface area contributed by atoms with Gasteiger partial charge >= 0.3 is 0 Å². The molecule has 4 heteroatoms. The average Bonchev–Trinajstić information content (AvgIpc) is 3.14. The fraction of sp³-hybridized carbons (Fsp3) is 0.690. The minimum Gasteiger partial charge on any atom is -0.308 e. The molecule has 0 aromatic heterocycles. The fourth-order valence-electron chi connectivity index (χ4n) is 9.60. The molecule has 0 spiro atoms. The molecule has 0 amide bonds. The number of nitrogens with one attached hydrogen (secondary N) is 1. The van der Waals surface area contributed by atoms with Crippen LogP contribution in [0.1, 0.15) is 152 Å². The summed E-state index contributed by atoms with van der Waals surface area (Å²) in [5.74, 6) is 0. The highest BCUT2D eigenvalue weighted by Crippen LogP contribution is 2.56. The van der Waals surface area contributed by atoms with E-state index in [0.29, 0.717) is 0 Å². The molecule has 0 unspecified atom stereocenters. The molecule has 2 nitrogen and oxygen atoms in total. The lowest BCUT2D eigenvalue weighted by Gasteiger charge is -2.39. The first-order valence-electron chi connectivity index (χ1n) is 19.7. The Morgan fingerprint density at radius 1 is 0.543 bits per heavy atom. The molecule has 4 saturated carbocycles. The van der Waals surface area contributed by atoms with Gasteiger partial charge in [-0.15, -0.1) is 0 Å². The van der Waals surface area contributed by atoms with Crippen molar-refractivity contribution < 1.29 is 0 Å². The lowest BCUT2D eigenvalue weighted by Crippen LogP contribution is -2.31. The second-order valence-electron chi connectivity index (χ2n) is 15.1. The van der Waals surface area contributed by atoms with Crippen molar-refractivity contribution >= 4 is 22.1 Å². The molecule has 0 radical (unpaired) electrons. The van der Waals surface area contributed by atoms with Crippen LogP contribution in [-0.4, -0.2) is 47.7 Å². The van der Waals surface area contributed by atoms with E-state index >= 15 is 0 Å². The molecular weight excluding hydrogens is 594 g/mol. The van der Waals surface area contributed by atoms with Crippen molar-refractivity contribution in [2.75, 3.05) is 18.9 Å². The third-order valence-electron chi connectivity index (χ3n) is 12.1. The highest BCUT2D eigenvalue weighted by atomic mass is 31.1. The molecular formula is C42H64N2P2. The van der Waals surface area contributed by atoms with E-state index in [0.717, 1.165) is 29.2 Å². The summed E-state index contributed by atoms with van der Waals surface area (Å²) in [6, 6.07) is 23.0. The van der Waals surface area contributed by atoms with Crippen molar-refractivity contribution in [3.63, 3.8) is 0 Å². The van der Waals surface area contributed by atoms with Crippen LogP contribution >= 0.6 is 15.8 Å². The van der Waals surface area contributed by atoms with Gasteiger partial charge in [0.05, 0.1) is 12.1 Å². The molecule has 2 atom stereocenters. The predicted octanol–water partition coefficient (Wildman–Crippen LogP) is 12.4. The fourth-order valence-corrected chi connectivity index (χ4v) is 16.9. The molecule has 0 aliphatic heterocycles. The third-order valence-corrected chi connectivity index (χ3v) is 19.2. The Bertz CT molecular complexity index is 1080. The van der Waals surface area contributed by atoms with Gasteiger partial charge in [0.1, 0.15) is 0 Å². The summed E-state index contributed by atoms with van der Waals surface area (Å²) in [7, 11) is 0.125. The van der Waals surface area contributed by atoms with Gasteiger partial charge in [0, 0.05) is 12.4 Å². The van der Waals surface area contributed by atoms with E-state index in [2.05, 4.69) is 72.2 Å². The minimum absolute atomic E-state index is 0.0280. The molecule has 46 heavy (non-hydrogen) atoms. The van der Waals surface area contributed by atoms with E-state index in [4.69, 9.17) is 4.99 Å². The van der Waals surface area contributed by atoms with Crippen LogP contribution in [0.15, 0.2) is 65.7 Å². The first-order valence-corrected chi connectivity index (χ1v) is 23.1. The number of nitrogens with zero attached hydrogens (tertiary/aromatic N) is 1. The van der Waals surface area contributed by atoms with Gasteiger partial charge in [-0.2, -0.15) is 0 Å². The van der Waals surface area contributed by atoms with Gasteiger partial charge < -0.3 is 5.32 Å². The van der Waals surface area contributed by atoms with Gasteiger partial charge in [-0.1, -0.05) is 154 Å². The van der Waals surface area contributed by atoms with Crippen LogP contribution < -0.4 is 5.32 Å². The summed E-state index contributed by atoms with van der Waals surface area (Å²) < 4.78 is 0. The molecule has 0 bridgehead atoms. The van der Waals surface area contributed by atoms with E-state index < -0.39 is 0 Å². The Labute approximate surface area is 285 Å². The lowest BCUT2D eigenvalue weighted by atomic mass is 9.93. The van der Waals surface area contributed by atoms with Gasteiger partial charge in [0.2, 0.25) is 0 Å². The summed E-state index contributed by atoms with van der Waals surface area (Å²) >= 11 is 0. The van der Waals surface area contributed by atoms with Crippen LogP contribution in [0.2, 0.25) is 0 Å². The molecule has 4 aliphatic carbocycles. The maximum atomic E-state index is 5.61. The molecule has 1 N–H and O–H groups in total. The van der Waals surface area contributed by atoms with Crippen LogP contribution in [0, 0.1) is 0 Å². The van der Waals surface area contributed by atoms with Crippen molar-refractivity contribution in [1.82, 2.24) is 5.32 Å². The molecule has 4 fully saturated rings. The van der Waals surface area contributed by atoms with Crippen LogP contribution in [0.4, 0.5) is 0 Å². The van der Waals surface area contributed by atoms with Crippen LogP contribution in [0.3, 0.4) is 0 Å². The van der Waals surface area contributed by atoms with Crippen molar-refractivity contribution in [1.29, 1.82) is 0 Å². The second-order valence-corrected chi connectivity index (χ2v) is 20.9. The summed E-state index contributed by atoms with van der Waals surface area (Å²) in [5.41, 5.74) is 6.76. The van der Waals surface area contributed by atoms with Crippen molar-refractivity contribution in [3.8, 4) is 0 Å². The quantitative estimate of drug-likeness (QED) is 0.159. The zero-order valence-electron chi connectivity index (χ0n) is 28.9. The standard InChI is InChI=1S/C42H64N2P2/c1-7-19-35(20-8-1)41(43-31-33-45(37-23-11-3-12-24-37)38-25-13-4-14-26-38)42(36-21-9-2-10-22-36)44-32-34-46(39-27-15-5-16-28-39)40-29-17-6-18-30-40/h1-2,7-10,19-22,31,37-42,44H,3-6,11-18,23-30,32-34H2/t41-,42-/m0/s1. The van der Waals surface area contributed by atoms with Crippen molar-refractivity contribution in [2.24, 2.45) is 4.99 Å². The zero-order chi connectivity index (χ0) is 31.2. The first kappa shape index (κ1) is 34.8. The maximum Gasteiger partial charge on any atom is 0.0939 e. The first-order chi connectivity index (χ1) is 22.9. The van der Waals surface area contributed by atoms with Gasteiger partial charge in [-0.05, 0) is 97.8 Å². The van der Waals surface area contributed by atoms with E-state index in [1.807, 2.05) is 0 Å². The number of rotatable bonds is 14. The highest BCUT2D eigenvalue weighted by molar-refractivity contribution is 7.60.